The molecule has 9 heteroatoms. The molecule has 0 spiro atoms. The zero-order valence-corrected chi connectivity index (χ0v) is 28.0. The summed E-state index contributed by atoms with van der Waals surface area (Å²) in [5.74, 6) is 2.36. The van der Waals surface area contributed by atoms with Crippen LogP contribution in [0.4, 0.5) is 0 Å². The lowest BCUT2D eigenvalue weighted by Crippen LogP contribution is -2.55. The van der Waals surface area contributed by atoms with E-state index >= 15 is 0 Å². The van der Waals surface area contributed by atoms with Crippen LogP contribution in [0.5, 0.6) is 5.75 Å². The number of methoxy groups -OCH3 is 1. The Labute approximate surface area is 277 Å². The predicted octanol–water partition coefficient (Wildman–Crippen LogP) is 7.31. The van der Waals surface area contributed by atoms with Gasteiger partial charge in [-0.25, -0.2) is 0 Å². The van der Waals surface area contributed by atoms with Crippen molar-refractivity contribution < 1.29 is 14.3 Å². The average molecular weight is 640 g/mol. The summed E-state index contributed by atoms with van der Waals surface area (Å²) in [7, 11) is 1.66. The molecule has 46 heavy (non-hydrogen) atoms. The molecular weight excluding hydrogens is 595 g/mol. The predicted molar refractivity (Wildman–Crippen MR) is 185 cm³/mol. The van der Waals surface area contributed by atoms with Gasteiger partial charge in [0.1, 0.15) is 5.75 Å². The van der Waals surface area contributed by atoms with E-state index in [4.69, 9.17) is 4.74 Å². The van der Waals surface area contributed by atoms with E-state index in [1.807, 2.05) is 88.0 Å². The van der Waals surface area contributed by atoms with Crippen molar-refractivity contribution in [3.63, 3.8) is 0 Å². The Morgan fingerprint density at radius 1 is 0.891 bits per heavy atom. The zero-order valence-electron chi connectivity index (χ0n) is 27.2. The number of carbonyl (C=O) groups excluding carboxylic acids is 2. The SMILES string of the molecule is CCCCCCc1ccc(C(=O)N2CCN(C(=O)CCCSc3nnc(-c4ccccc4)n3-c3ccccc3OC)CC2C)cc1. The van der Waals surface area contributed by atoms with Gasteiger partial charge >= 0.3 is 0 Å². The van der Waals surface area contributed by atoms with Gasteiger partial charge in [-0.2, -0.15) is 0 Å². The van der Waals surface area contributed by atoms with Gasteiger partial charge in [0.15, 0.2) is 11.0 Å². The molecule has 3 aromatic carbocycles. The maximum absolute atomic E-state index is 13.3. The van der Waals surface area contributed by atoms with Gasteiger partial charge in [0.2, 0.25) is 5.91 Å². The summed E-state index contributed by atoms with van der Waals surface area (Å²) in [6, 6.07) is 25.9. The molecule has 0 aliphatic carbocycles. The summed E-state index contributed by atoms with van der Waals surface area (Å²) >= 11 is 1.59. The molecule has 1 fully saturated rings. The number of carbonyl (C=O) groups is 2. The van der Waals surface area contributed by atoms with Crippen LogP contribution in [0.15, 0.2) is 84.0 Å². The minimum absolute atomic E-state index is 0.0379. The highest BCUT2D eigenvalue weighted by molar-refractivity contribution is 7.99. The second-order valence-corrected chi connectivity index (χ2v) is 12.9. The van der Waals surface area contributed by atoms with Crippen molar-refractivity contribution in [2.24, 2.45) is 0 Å². The van der Waals surface area contributed by atoms with Crippen LogP contribution in [0.25, 0.3) is 17.1 Å². The zero-order chi connectivity index (χ0) is 32.3. The molecule has 1 saturated heterocycles. The number of aryl methyl sites for hydroxylation is 1. The van der Waals surface area contributed by atoms with E-state index in [-0.39, 0.29) is 17.9 Å². The number of nitrogens with zero attached hydrogens (tertiary/aromatic N) is 5. The minimum atomic E-state index is -0.0379. The summed E-state index contributed by atoms with van der Waals surface area (Å²) in [6.45, 7) is 5.91. The monoisotopic (exact) mass is 639 g/mol. The van der Waals surface area contributed by atoms with Gasteiger partial charge in [-0.15, -0.1) is 10.2 Å². The normalized spacial score (nSPS) is 14.8. The molecule has 0 radical (unpaired) electrons. The fourth-order valence-corrected chi connectivity index (χ4v) is 6.82. The number of hydrogen-bond donors (Lipinski definition) is 0. The van der Waals surface area contributed by atoms with Crippen molar-refractivity contribution in [1.82, 2.24) is 24.6 Å². The number of aromatic nitrogens is 3. The van der Waals surface area contributed by atoms with Crippen LogP contribution >= 0.6 is 11.8 Å². The van der Waals surface area contributed by atoms with E-state index in [1.54, 1.807) is 18.9 Å². The van der Waals surface area contributed by atoms with E-state index in [0.717, 1.165) is 45.7 Å². The van der Waals surface area contributed by atoms with Crippen molar-refractivity contribution in [3.8, 4) is 22.8 Å². The third-order valence-electron chi connectivity index (χ3n) is 8.52. The first-order valence-electron chi connectivity index (χ1n) is 16.4. The fraction of sp³-hybridized carbons (Fsp3) is 0.405. The van der Waals surface area contributed by atoms with Gasteiger partial charge in [-0.05, 0) is 56.0 Å². The van der Waals surface area contributed by atoms with Crippen molar-refractivity contribution in [2.75, 3.05) is 32.5 Å². The number of amides is 2. The smallest absolute Gasteiger partial charge is 0.254 e. The number of ether oxygens (including phenoxy) is 1. The Morgan fingerprint density at radius 2 is 1.65 bits per heavy atom. The average Bonchev–Trinajstić information content (AvgIpc) is 3.52. The summed E-state index contributed by atoms with van der Waals surface area (Å²) in [4.78, 5) is 30.3. The highest BCUT2D eigenvalue weighted by atomic mass is 32.2. The second kappa shape index (κ2) is 16.5. The minimum Gasteiger partial charge on any atom is -0.495 e. The lowest BCUT2D eigenvalue weighted by molar-refractivity contribution is -0.133. The van der Waals surface area contributed by atoms with E-state index in [2.05, 4.69) is 29.3 Å². The van der Waals surface area contributed by atoms with Crippen LogP contribution in [-0.2, 0) is 11.2 Å². The largest absolute Gasteiger partial charge is 0.495 e. The molecule has 0 saturated carbocycles. The molecule has 5 rings (SSSR count). The van der Waals surface area contributed by atoms with Crippen molar-refractivity contribution in [2.45, 2.75) is 70.0 Å². The molecule has 4 aromatic rings. The summed E-state index contributed by atoms with van der Waals surface area (Å²) in [5.41, 5.74) is 3.83. The molecule has 242 valence electrons. The molecule has 2 amide bonds. The Bertz CT molecular complexity index is 1570. The van der Waals surface area contributed by atoms with Crippen LogP contribution in [-0.4, -0.2) is 74.9 Å². The molecule has 0 bridgehead atoms. The van der Waals surface area contributed by atoms with Gasteiger partial charge in [0.25, 0.3) is 5.91 Å². The number of piperazine rings is 1. The summed E-state index contributed by atoms with van der Waals surface area (Å²) in [5, 5.41) is 9.80. The number of hydrogen-bond acceptors (Lipinski definition) is 6. The first kappa shape index (κ1) is 33.3. The Balaban J connectivity index is 1.13. The van der Waals surface area contributed by atoms with Crippen LogP contribution in [0.3, 0.4) is 0 Å². The highest BCUT2D eigenvalue weighted by Crippen LogP contribution is 2.33. The fourth-order valence-electron chi connectivity index (χ4n) is 5.94. The topological polar surface area (TPSA) is 80.6 Å². The molecule has 1 atom stereocenters. The second-order valence-electron chi connectivity index (χ2n) is 11.8. The first-order chi connectivity index (χ1) is 22.5. The standard InChI is InChI=1S/C37H45N5O3S/c1-4-5-6-8-14-29-20-22-31(23-21-29)36(44)41-25-24-40(27-28(41)2)34(43)19-13-26-46-37-39-38-35(30-15-9-7-10-16-30)42(37)32-17-11-12-18-33(32)45-3/h7,9-12,15-18,20-23,28H,4-6,8,13-14,19,24-27H2,1-3H3. The van der Waals surface area contributed by atoms with E-state index in [0.29, 0.717) is 32.5 Å². The van der Waals surface area contributed by atoms with Crippen LogP contribution in [0.2, 0.25) is 0 Å². The van der Waals surface area contributed by atoms with Crippen molar-refractivity contribution in [3.05, 3.63) is 90.0 Å². The quantitative estimate of drug-likeness (QED) is 0.106. The Morgan fingerprint density at radius 3 is 2.39 bits per heavy atom. The van der Waals surface area contributed by atoms with Crippen LogP contribution < -0.4 is 4.74 Å². The summed E-state index contributed by atoms with van der Waals surface area (Å²) < 4.78 is 7.69. The van der Waals surface area contributed by atoms with Gasteiger partial charge in [0.05, 0.1) is 12.8 Å². The molecule has 1 aliphatic rings. The van der Waals surface area contributed by atoms with Crippen molar-refractivity contribution in [1.29, 1.82) is 0 Å². The van der Waals surface area contributed by atoms with Crippen molar-refractivity contribution >= 4 is 23.6 Å². The number of thioether (sulfide) groups is 1. The van der Waals surface area contributed by atoms with Gasteiger partial charge in [-0.3, -0.25) is 14.2 Å². The molecule has 1 aliphatic heterocycles. The third kappa shape index (κ3) is 8.18. The number of rotatable bonds is 14. The Hall–Kier alpha value is -4.11. The Kier molecular flexibility index (Phi) is 11.9. The summed E-state index contributed by atoms with van der Waals surface area (Å²) in [6.07, 6.45) is 7.15. The van der Waals surface area contributed by atoms with Gasteiger partial charge in [-0.1, -0.05) is 92.5 Å². The van der Waals surface area contributed by atoms with E-state index in [9.17, 15) is 9.59 Å². The maximum Gasteiger partial charge on any atom is 0.254 e. The first-order valence-corrected chi connectivity index (χ1v) is 17.4. The molecule has 1 unspecified atom stereocenters. The molecule has 2 heterocycles. The lowest BCUT2D eigenvalue weighted by atomic mass is 10.0. The molecule has 1 aromatic heterocycles. The van der Waals surface area contributed by atoms with E-state index in [1.165, 1.54) is 31.2 Å². The number of para-hydroxylation sites is 2. The maximum atomic E-state index is 13.3. The van der Waals surface area contributed by atoms with Crippen LogP contribution in [0, 0.1) is 0 Å². The number of unbranched alkanes of at least 4 members (excludes halogenated alkanes) is 3. The lowest BCUT2D eigenvalue weighted by Gasteiger charge is -2.40. The molecule has 8 nitrogen and oxygen atoms in total. The molecule has 0 N–H and O–H groups in total. The van der Waals surface area contributed by atoms with E-state index < -0.39 is 0 Å². The highest BCUT2D eigenvalue weighted by Gasteiger charge is 2.30. The number of benzene rings is 3. The molecular formula is C37H45N5O3S. The third-order valence-corrected chi connectivity index (χ3v) is 9.53. The van der Waals surface area contributed by atoms with Crippen LogP contribution in [0.1, 0.15) is 68.3 Å². The van der Waals surface area contributed by atoms with Gasteiger partial charge < -0.3 is 14.5 Å². The van der Waals surface area contributed by atoms with Gasteiger partial charge in [0, 0.05) is 49.0 Å².